The Morgan fingerprint density at radius 3 is 2.74 bits per heavy atom. The number of carbonyl (C=O) groups excluding carboxylic acids is 2. The van der Waals surface area contributed by atoms with Gasteiger partial charge in [-0.3, -0.25) is 9.59 Å². The van der Waals surface area contributed by atoms with Crippen LogP contribution in [-0.2, 0) is 4.79 Å². The van der Waals surface area contributed by atoms with E-state index in [0.29, 0.717) is 23.8 Å². The van der Waals surface area contributed by atoms with Gasteiger partial charge in [0.15, 0.2) is 12.9 Å². The summed E-state index contributed by atoms with van der Waals surface area (Å²) < 4.78 is 6.25. The zero-order valence-corrected chi connectivity index (χ0v) is 12.9. The highest BCUT2D eigenvalue weighted by Crippen LogP contribution is 2.26. The van der Waals surface area contributed by atoms with Crippen LogP contribution in [-0.4, -0.2) is 25.3 Å². The Labute approximate surface area is 121 Å². The molecule has 104 valence electrons. The number of nitrogens with one attached hydrogen (secondary N) is 1. The molecule has 0 saturated heterocycles. The maximum Gasteiger partial charge on any atom is 0.257 e. The van der Waals surface area contributed by atoms with Crippen molar-refractivity contribution >= 4 is 28.1 Å². The predicted octanol–water partition coefficient (Wildman–Crippen LogP) is 2.72. The third-order valence-electron chi connectivity index (χ3n) is 2.45. The van der Waals surface area contributed by atoms with E-state index in [1.54, 1.807) is 6.07 Å². The van der Waals surface area contributed by atoms with Crippen molar-refractivity contribution in [3.05, 3.63) is 27.7 Å². The van der Waals surface area contributed by atoms with Gasteiger partial charge in [-0.2, -0.15) is 0 Å². The van der Waals surface area contributed by atoms with E-state index >= 15 is 0 Å². The Balaban J connectivity index is 2.67. The molecule has 0 aliphatic rings. The molecular formula is C14H18BrNO3. The molecule has 5 heteroatoms. The predicted molar refractivity (Wildman–Crippen MR) is 77.6 cm³/mol. The van der Waals surface area contributed by atoms with E-state index in [4.69, 9.17) is 4.74 Å². The lowest BCUT2D eigenvalue weighted by molar-refractivity contribution is -0.123. The van der Waals surface area contributed by atoms with Gasteiger partial charge < -0.3 is 10.1 Å². The second-order valence-corrected chi connectivity index (χ2v) is 5.66. The van der Waals surface area contributed by atoms with E-state index in [1.165, 1.54) is 0 Å². The highest BCUT2D eigenvalue weighted by atomic mass is 79.9. The van der Waals surface area contributed by atoms with E-state index in [0.717, 1.165) is 16.3 Å². The van der Waals surface area contributed by atoms with Gasteiger partial charge in [0.2, 0.25) is 0 Å². The number of rotatable bonds is 6. The smallest absolute Gasteiger partial charge is 0.257 e. The van der Waals surface area contributed by atoms with Crippen LogP contribution in [0.5, 0.6) is 5.75 Å². The molecular weight excluding hydrogens is 310 g/mol. The lowest BCUT2D eigenvalue weighted by atomic mass is 10.1. The molecule has 19 heavy (non-hydrogen) atoms. The summed E-state index contributed by atoms with van der Waals surface area (Å²) in [5, 5.41) is 2.76. The van der Waals surface area contributed by atoms with Crippen molar-refractivity contribution in [2.45, 2.75) is 20.8 Å². The van der Waals surface area contributed by atoms with Crippen LogP contribution < -0.4 is 10.1 Å². The van der Waals surface area contributed by atoms with Crippen LogP contribution in [0.2, 0.25) is 0 Å². The molecule has 0 saturated carbocycles. The summed E-state index contributed by atoms with van der Waals surface area (Å²) in [6.45, 7) is 6.40. The minimum absolute atomic E-state index is 0.0873. The average molecular weight is 328 g/mol. The number of hydrogen-bond acceptors (Lipinski definition) is 3. The van der Waals surface area contributed by atoms with Crippen LogP contribution in [0.15, 0.2) is 16.6 Å². The SMILES string of the molecule is Cc1cc(Br)cc(C=O)c1OCC(=O)NCC(C)C. The molecule has 1 rings (SSSR count). The highest BCUT2D eigenvalue weighted by Gasteiger charge is 2.11. The summed E-state index contributed by atoms with van der Waals surface area (Å²) in [6, 6.07) is 3.51. The Hall–Kier alpha value is -1.36. The first-order chi connectivity index (χ1) is 8.93. The van der Waals surface area contributed by atoms with Crippen LogP contribution in [0.4, 0.5) is 0 Å². The van der Waals surface area contributed by atoms with Gasteiger partial charge in [0.05, 0.1) is 5.56 Å². The summed E-state index contributed by atoms with van der Waals surface area (Å²) in [5.41, 5.74) is 1.25. The van der Waals surface area contributed by atoms with Gasteiger partial charge in [-0.1, -0.05) is 29.8 Å². The standard InChI is InChI=1S/C14H18BrNO3/c1-9(2)6-16-13(18)8-19-14-10(3)4-12(15)5-11(14)7-17/h4-5,7,9H,6,8H2,1-3H3,(H,16,18). The maximum absolute atomic E-state index is 11.6. The molecule has 4 nitrogen and oxygen atoms in total. The van der Waals surface area contributed by atoms with Crippen molar-refractivity contribution in [1.29, 1.82) is 0 Å². The van der Waals surface area contributed by atoms with Crippen LogP contribution >= 0.6 is 15.9 Å². The van der Waals surface area contributed by atoms with Crippen LogP contribution in [0, 0.1) is 12.8 Å². The molecule has 0 aromatic heterocycles. The van der Waals surface area contributed by atoms with E-state index in [1.807, 2.05) is 26.8 Å². The van der Waals surface area contributed by atoms with Crippen LogP contribution in [0.25, 0.3) is 0 Å². The molecule has 0 spiro atoms. The van der Waals surface area contributed by atoms with E-state index in [9.17, 15) is 9.59 Å². The number of hydrogen-bond donors (Lipinski definition) is 1. The number of carbonyl (C=O) groups is 2. The third-order valence-corrected chi connectivity index (χ3v) is 2.91. The van der Waals surface area contributed by atoms with Gasteiger partial charge in [-0.15, -0.1) is 0 Å². The number of ether oxygens (including phenoxy) is 1. The number of aryl methyl sites for hydroxylation is 1. The normalized spacial score (nSPS) is 10.4. The zero-order chi connectivity index (χ0) is 14.4. The molecule has 0 radical (unpaired) electrons. The molecule has 0 unspecified atom stereocenters. The molecule has 0 heterocycles. The summed E-state index contributed by atoms with van der Waals surface area (Å²) in [7, 11) is 0. The average Bonchev–Trinajstić information content (AvgIpc) is 2.34. The number of aldehydes is 1. The minimum atomic E-state index is -0.187. The summed E-state index contributed by atoms with van der Waals surface area (Å²) in [4.78, 5) is 22.6. The van der Waals surface area contributed by atoms with Gasteiger partial charge >= 0.3 is 0 Å². The van der Waals surface area contributed by atoms with Gasteiger partial charge in [0, 0.05) is 11.0 Å². The van der Waals surface area contributed by atoms with Crippen molar-refractivity contribution in [2.24, 2.45) is 5.92 Å². The first kappa shape index (κ1) is 15.7. The Bertz CT molecular complexity index is 472. The Morgan fingerprint density at radius 2 is 2.16 bits per heavy atom. The lowest BCUT2D eigenvalue weighted by Gasteiger charge is -2.12. The van der Waals surface area contributed by atoms with Gasteiger partial charge in [-0.25, -0.2) is 0 Å². The van der Waals surface area contributed by atoms with E-state index in [-0.39, 0.29) is 12.5 Å². The largest absolute Gasteiger partial charge is 0.483 e. The summed E-state index contributed by atoms with van der Waals surface area (Å²) in [5.74, 6) is 0.662. The molecule has 0 atom stereocenters. The summed E-state index contributed by atoms with van der Waals surface area (Å²) in [6.07, 6.45) is 0.721. The van der Waals surface area contributed by atoms with Crippen molar-refractivity contribution in [3.63, 3.8) is 0 Å². The number of amides is 1. The van der Waals surface area contributed by atoms with Gasteiger partial charge in [0.25, 0.3) is 5.91 Å². The van der Waals surface area contributed by atoms with Crippen molar-refractivity contribution in [1.82, 2.24) is 5.32 Å². The molecule has 0 aliphatic carbocycles. The Kier molecular flexibility index (Phi) is 6.02. The second kappa shape index (κ2) is 7.28. The molecule has 1 N–H and O–H groups in total. The summed E-state index contributed by atoms with van der Waals surface area (Å²) >= 11 is 3.32. The van der Waals surface area contributed by atoms with E-state index < -0.39 is 0 Å². The van der Waals surface area contributed by atoms with Gasteiger partial charge in [0.1, 0.15) is 5.75 Å². The van der Waals surface area contributed by atoms with Crippen molar-refractivity contribution in [2.75, 3.05) is 13.2 Å². The first-order valence-electron chi connectivity index (χ1n) is 6.09. The van der Waals surface area contributed by atoms with Gasteiger partial charge in [-0.05, 0) is 30.5 Å². The molecule has 0 aliphatic heterocycles. The maximum atomic E-state index is 11.6. The van der Waals surface area contributed by atoms with Crippen LogP contribution in [0.1, 0.15) is 29.8 Å². The number of halogens is 1. The van der Waals surface area contributed by atoms with Crippen LogP contribution in [0.3, 0.4) is 0 Å². The minimum Gasteiger partial charge on any atom is -0.483 e. The molecule has 1 aromatic carbocycles. The zero-order valence-electron chi connectivity index (χ0n) is 11.3. The quantitative estimate of drug-likeness (QED) is 0.817. The first-order valence-corrected chi connectivity index (χ1v) is 6.88. The lowest BCUT2D eigenvalue weighted by Crippen LogP contribution is -2.31. The third kappa shape index (κ3) is 5.03. The highest BCUT2D eigenvalue weighted by molar-refractivity contribution is 9.10. The second-order valence-electron chi connectivity index (χ2n) is 4.75. The fraction of sp³-hybridized carbons (Fsp3) is 0.429. The molecule has 0 bridgehead atoms. The Morgan fingerprint density at radius 1 is 1.47 bits per heavy atom. The molecule has 1 aromatic rings. The van der Waals surface area contributed by atoms with Crippen molar-refractivity contribution < 1.29 is 14.3 Å². The fourth-order valence-electron chi connectivity index (χ4n) is 1.55. The topological polar surface area (TPSA) is 55.4 Å². The molecule has 1 amide bonds. The monoisotopic (exact) mass is 327 g/mol. The molecule has 0 fully saturated rings. The fourth-order valence-corrected chi connectivity index (χ4v) is 2.14. The van der Waals surface area contributed by atoms with Crippen molar-refractivity contribution in [3.8, 4) is 5.75 Å². The van der Waals surface area contributed by atoms with E-state index in [2.05, 4.69) is 21.2 Å². The number of benzene rings is 1.